The highest BCUT2D eigenvalue weighted by Gasteiger charge is 2.35. The van der Waals surface area contributed by atoms with Crippen LogP contribution >= 0.6 is 0 Å². The molecule has 0 aliphatic carbocycles. The molecule has 8 atom stereocenters. The molecule has 7 amide bonds. The Kier molecular flexibility index (Phi) is 34.6. The molecule has 27 nitrogen and oxygen atoms in total. The Morgan fingerprint density at radius 2 is 0.932 bits per heavy atom. The lowest BCUT2D eigenvalue weighted by Crippen LogP contribution is -2.60. The van der Waals surface area contributed by atoms with E-state index in [4.69, 9.17) is 39.9 Å². The highest BCUT2D eigenvalue weighted by atomic mass is 16.4. The van der Waals surface area contributed by atoms with E-state index in [0.29, 0.717) is 90.3 Å². The number of azide groups is 1. The van der Waals surface area contributed by atoms with Gasteiger partial charge in [0.2, 0.25) is 41.4 Å². The van der Waals surface area contributed by atoms with Crippen molar-refractivity contribution >= 4 is 53.3 Å². The Morgan fingerprint density at radius 3 is 1.30 bits per heavy atom. The summed E-state index contributed by atoms with van der Waals surface area (Å²) in [5.41, 5.74) is 42.7. The predicted octanol–water partition coefficient (Wildman–Crippen LogP) is -2.08. The molecule has 73 heavy (non-hydrogen) atoms. The zero-order valence-electron chi connectivity index (χ0n) is 43.0. The van der Waals surface area contributed by atoms with Crippen LogP contribution in [0.4, 0.5) is 0 Å². The lowest BCUT2D eigenvalue weighted by Gasteiger charge is -2.29. The second-order valence-corrected chi connectivity index (χ2v) is 18.6. The Balaban J connectivity index is 3.49. The second-order valence-electron chi connectivity index (χ2n) is 18.6. The number of nitrogens with one attached hydrogen (secondary N) is 8. The van der Waals surface area contributed by atoms with Gasteiger partial charge in [-0.05, 0) is 160 Å². The molecule has 0 saturated carbocycles. The predicted molar refractivity (Wildman–Crippen MR) is 276 cm³/mol. The van der Waals surface area contributed by atoms with E-state index in [1.807, 2.05) is 0 Å². The number of hydrogen-bond acceptors (Lipinski definition) is 15. The van der Waals surface area contributed by atoms with Crippen molar-refractivity contribution in [2.24, 2.45) is 50.4 Å². The van der Waals surface area contributed by atoms with Crippen molar-refractivity contribution in [2.75, 3.05) is 45.8 Å². The zero-order chi connectivity index (χ0) is 54.6. The first-order chi connectivity index (χ1) is 34.9. The van der Waals surface area contributed by atoms with Gasteiger partial charge in [0.15, 0.2) is 5.96 Å². The number of aliphatic carboxylic acids is 1. The third-order valence-electron chi connectivity index (χ3n) is 12.2. The number of unbranched alkanes of at least 4 members (excludes halogenated alkanes) is 5. The first kappa shape index (κ1) is 65.2. The molecular formula is C46H88N18O9. The lowest BCUT2D eigenvalue weighted by atomic mass is 10.0. The molecule has 0 aromatic carbocycles. The van der Waals surface area contributed by atoms with Crippen LogP contribution in [-0.4, -0.2) is 153 Å². The van der Waals surface area contributed by atoms with Gasteiger partial charge in [-0.25, -0.2) is 4.79 Å². The molecule has 1 heterocycles. The SMILES string of the molecule is CC(C)[C@H](NC(=O)[C@H](CCCCN)NC(=O)[C@H](CCCN=C(N)N)NC(=O)[C@H](CCCCN)NC(=O)[C@H](CCCCN)NC(=O)[C@H](CCCCN)NC(=O)[C@@H]1CCCN1)C(=O)N[C@@H](CCCCN=[N+]=[N-])C(=O)O. The maximum Gasteiger partial charge on any atom is 0.326 e. The van der Waals surface area contributed by atoms with E-state index >= 15 is 0 Å². The van der Waals surface area contributed by atoms with Crippen molar-refractivity contribution in [3.63, 3.8) is 0 Å². The molecule has 0 aromatic heterocycles. The Morgan fingerprint density at radius 1 is 0.548 bits per heavy atom. The van der Waals surface area contributed by atoms with Crippen LogP contribution in [0.2, 0.25) is 0 Å². The van der Waals surface area contributed by atoms with E-state index in [9.17, 15) is 43.5 Å². The zero-order valence-corrected chi connectivity index (χ0v) is 43.0. The maximum absolute atomic E-state index is 14.3. The summed E-state index contributed by atoms with van der Waals surface area (Å²) in [7, 11) is 0. The largest absolute Gasteiger partial charge is 0.480 e. The van der Waals surface area contributed by atoms with Crippen molar-refractivity contribution in [1.29, 1.82) is 0 Å². The first-order valence-electron chi connectivity index (χ1n) is 25.9. The van der Waals surface area contributed by atoms with Crippen molar-refractivity contribution < 1.29 is 43.5 Å². The summed E-state index contributed by atoms with van der Waals surface area (Å²) in [5.74, 6) is -6.66. The lowest BCUT2D eigenvalue weighted by molar-refractivity contribution is -0.143. The van der Waals surface area contributed by atoms with Gasteiger partial charge in [0.25, 0.3) is 0 Å². The van der Waals surface area contributed by atoms with Crippen LogP contribution in [0.25, 0.3) is 10.4 Å². The molecule has 0 spiro atoms. The van der Waals surface area contributed by atoms with Crippen LogP contribution in [0.3, 0.4) is 0 Å². The van der Waals surface area contributed by atoms with Gasteiger partial charge in [-0.2, -0.15) is 0 Å². The molecular weight excluding hydrogens is 949 g/mol. The van der Waals surface area contributed by atoms with Gasteiger partial charge < -0.3 is 82.0 Å². The van der Waals surface area contributed by atoms with Crippen molar-refractivity contribution in [2.45, 2.75) is 184 Å². The molecule has 416 valence electrons. The number of aliphatic imine (C=N–C) groups is 1. The summed E-state index contributed by atoms with van der Waals surface area (Å²) in [6.45, 7) is 5.48. The molecule has 1 aliphatic rings. The van der Waals surface area contributed by atoms with Crippen molar-refractivity contribution in [3.05, 3.63) is 10.4 Å². The van der Waals surface area contributed by atoms with Crippen LogP contribution in [-0.2, 0) is 38.4 Å². The number of nitrogens with two attached hydrogens (primary N) is 6. The maximum atomic E-state index is 14.3. The van der Waals surface area contributed by atoms with E-state index < -0.39 is 95.7 Å². The van der Waals surface area contributed by atoms with Crippen LogP contribution < -0.4 is 76.9 Å². The Bertz CT molecular complexity index is 1780. The normalized spacial score (nSPS) is 16.0. The molecule has 27 heteroatoms. The number of carbonyl (C=O) groups excluding carboxylic acids is 7. The molecule has 1 saturated heterocycles. The fraction of sp³-hybridized carbons (Fsp3) is 0.804. The minimum atomic E-state index is -1.31. The monoisotopic (exact) mass is 1040 g/mol. The van der Waals surface area contributed by atoms with Crippen molar-refractivity contribution in [3.8, 4) is 0 Å². The highest BCUT2D eigenvalue weighted by molar-refractivity contribution is 5.97. The van der Waals surface area contributed by atoms with Gasteiger partial charge in [-0.15, -0.1) is 0 Å². The van der Waals surface area contributed by atoms with E-state index in [2.05, 4.69) is 57.6 Å². The summed E-state index contributed by atoms with van der Waals surface area (Å²) >= 11 is 0. The van der Waals surface area contributed by atoms with Crippen LogP contribution in [0.5, 0.6) is 0 Å². The van der Waals surface area contributed by atoms with Crippen LogP contribution in [0.1, 0.15) is 136 Å². The third kappa shape index (κ3) is 27.7. The molecule has 0 unspecified atom stereocenters. The number of hydrogen-bond donors (Lipinski definition) is 15. The summed E-state index contributed by atoms with van der Waals surface area (Å²) < 4.78 is 0. The van der Waals surface area contributed by atoms with Gasteiger partial charge in [0.1, 0.15) is 42.3 Å². The highest BCUT2D eigenvalue weighted by Crippen LogP contribution is 2.13. The summed E-state index contributed by atoms with van der Waals surface area (Å²) in [6.07, 6.45) is 6.80. The molecule has 0 radical (unpaired) electrons. The number of carboxylic acids is 1. The van der Waals surface area contributed by atoms with E-state index in [-0.39, 0.29) is 83.0 Å². The standard InChI is InChI=1S/C46H88N18O9/c1-29(2)37(44(71)62-36(45(72)73)19-7-12-28-56-64-53)63-43(70)34(18-6-11-25-50)60-42(69)35(21-14-27-55-46(51)52)61-41(68)33(17-5-10-24-49)59-40(67)32(16-4-9-23-48)58-39(66)31(15-3-8-22-47)57-38(65)30-20-13-26-54-30/h29-37,54H,3-28,47-50H2,1-2H3,(H,57,65)(H,58,66)(H,59,67)(H,60,69)(H,61,68)(H,62,71)(H,63,70)(H,72,73)(H4,51,52,55)/t30-,31-,32-,33-,34-,35-,36-,37-/m0/s1. The van der Waals surface area contributed by atoms with Gasteiger partial charge in [0.05, 0.1) is 6.04 Å². The fourth-order valence-corrected chi connectivity index (χ4v) is 7.97. The molecule has 1 fully saturated rings. The average molecular weight is 1040 g/mol. The van der Waals surface area contributed by atoms with Crippen molar-refractivity contribution in [1.82, 2.24) is 42.5 Å². The first-order valence-corrected chi connectivity index (χ1v) is 25.9. The molecule has 1 aliphatic heterocycles. The molecule has 0 bridgehead atoms. The topological polar surface area (TPSA) is 470 Å². The summed E-state index contributed by atoms with van der Waals surface area (Å²) in [4.78, 5) is 116. The number of carboxylic acid groups (broad SMARTS) is 1. The number of rotatable bonds is 41. The number of nitrogens with zero attached hydrogens (tertiary/aromatic N) is 4. The third-order valence-corrected chi connectivity index (χ3v) is 12.2. The molecule has 0 aromatic rings. The van der Waals surface area contributed by atoms with E-state index in [0.717, 1.165) is 6.42 Å². The van der Waals surface area contributed by atoms with Gasteiger partial charge in [-0.3, -0.25) is 38.6 Å². The quantitative estimate of drug-likeness (QED) is 0.00781. The summed E-state index contributed by atoms with van der Waals surface area (Å²) in [6, 6.07) is -8.88. The number of amides is 7. The minimum absolute atomic E-state index is 0.0309. The van der Waals surface area contributed by atoms with E-state index in [1.165, 1.54) is 0 Å². The smallest absolute Gasteiger partial charge is 0.326 e. The second kappa shape index (κ2) is 38.7. The van der Waals surface area contributed by atoms with Crippen LogP contribution in [0, 0.1) is 5.92 Å². The number of guanidine groups is 1. The van der Waals surface area contributed by atoms with Gasteiger partial charge in [0, 0.05) is 18.0 Å². The average Bonchev–Trinajstić information content (AvgIpc) is 3.90. The fourth-order valence-electron chi connectivity index (χ4n) is 7.97. The molecule has 1 rings (SSSR count). The number of carbonyl (C=O) groups is 8. The Labute approximate surface area is 429 Å². The van der Waals surface area contributed by atoms with Gasteiger partial charge >= 0.3 is 5.97 Å². The molecule has 21 N–H and O–H groups in total. The van der Waals surface area contributed by atoms with Gasteiger partial charge in [-0.1, -0.05) is 25.4 Å². The summed E-state index contributed by atoms with van der Waals surface area (Å²) in [5, 5.41) is 35.4. The Hall–Kier alpha value is -5.86. The van der Waals surface area contributed by atoms with E-state index in [1.54, 1.807) is 13.8 Å². The van der Waals surface area contributed by atoms with Crippen LogP contribution in [0.15, 0.2) is 10.1 Å². The minimum Gasteiger partial charge on any atom is -0.480 e.